The molecule has 4 aromatic rings. The number of rotatable bonds is 8. The van der Waals surface area contributed by atoms with Crippen LogP contribution in [-0.4, -0.2) is 45.7 Å². The molecule has 0 saturated heterocycles. The van der Waals surface area contributed by atoms with Gasteiger partial charge in [-0.1, -0.05) is 53.7 Å². The maximum Gasteiger partial charge on any atom is 0.337 e. The molecule has 0 atom stereocenters. The monoisotopic (exact) mass is 505 g/mol. The van der Waals surface area contributed by atoms with Gasteiger partial charge in [0.2, 0.25) is 0 Å². The van der Waals surface area contributed by atoms with Crippen molar-refractivity contribution < 1.29 is 14.3 Å². The highest BCUT2D eigenvalue weighted by Crippen LogP contribution is 2.28. The lowest BCUT2D eigenvalue weighted by molar-refractivity contribution is -0.118. The summed E-state index contributed by atoms with van der Waals surface area (Å²) in [4.78, 5) is 23.9. The SMILES string of the molecule is COC(=O)c1ccc(/C=N\NC(=O)CSc2nnc(-c3ccc(Cl)cc3)n2-c2ccccc2)cc1. The van der Waals surface area contributed by atoms with Crippen LogP contribution in [-0.2, 0) is 9.53 Å². The van der Waals surface area contributed by atoms with Gasteiger partial charge in [0.05, 0.1) is 24.6 Å². The average molecular weight is 506 g/mol. The number of esters is 1. The predicted octanol–water partition coefficient (Wildman–Crippen LogP) is 4.62. The molecule has 1 amide bonds. The minimum absolute atomic E-state index is 0.0875. The summed E-state index contributed by atoms with van der Waals surface area (Å²) in [5.74, 6) is 0.0168. The smallest absolute Gasteiger partial charge is 0.337 e. The van der Waals surface area contributed by atoms with Crippen molar-refractivity contribution in [2.45, 2.75) is 5.16 Å². The highest BCUT2D eigenvalue weighted by Gasteiger charge is 2.17. The van der Waals surface area contributed by atoms with Crippen LogP contribution in [0.25, 0.3) is 17.1 Å². The van der Waals surface area contributed by atoms with Gasteiger partial charge in [0.25, 0.3) is 5.91 Å². The second-order valence-electron chi connectivity index (χ2n) is 7.18. The normalized spacial score (nSPS) is 10.9. The number of hydrazone groups is 1. The molecule has 0 spiro atoms. The Morgan fingerprint density at radius 1 is 1.03 bits per heavy atom. The zero-order valence-electron chi connectivity index (χ0n) is 18.6. The Morgan fingerprint density at radius 3 is 2.43 bits per heavy atom. The summed E-state index contributed by atoms with van der Waals surface area (Å²) in [6.45, 7) is 0. The van der Waals surface area contributed by atoms with Crippen molar-refractivity contribution in [3.8, 4) is 17.1 Å². The van der Waals surface area contributed by atoms with Gasteiger partial charge in [-0.05, 0) is 54.1 Å². The Labute approximate surface area is 211 Å². The van der Waals surface area contributed by atoms with Crippen LogP contribution >= 0.6 is 23.4 Å². The number of methoxy groups -OCH3 is 1. The quantitative estimate of drug-likeness (QED) is 0.162. The van der Waals surface area contributed by atoms with Gasteiger partial charge in [-0.15, -0.1) is 10.2 Å². The summed E-state index contributed by atoms with van der Waals surface area (Å²) in [5.41, 5.74) is 5.39. The first-order valence-electron chi connectivity index (χ1n) is 10.4. The second kappa shape index (κ2) is 11.5. The number of carbonyl (C=O) groups is 2. The molecule has 10 heteroatoms. The molecule has 176 valence electrons. The molecule has 35 heavy (non-hydrogen) atoms. The highest BCUT2D eigenvalue weighted by molar-refractivity contribution is 7.99. The van der Waals surface area contributed by atoms with Crippen LogP contribution in [0.2, 0.25) is 5.02 Å². The van der Waals surface area contributed by atoms with Crippen LogP contribution in [0.1, 0.15) is 15.9 Å². The third-order valence-corrected chi connectivity index (χ3v) is 6.00. The van der Waals surface area contributed by atoms with Crippen LogP contribution in [0, 0.1) is 0 Å². The zero-order valence-corrected chi connectivity index (χ0v) is 20.2. The number of hydrogen-bond donors (Lipinski definition) is 1. The van der Waals surface area contributed by atoms with Gasteiger partial charge < -0.3 is 4.74 Å². The summed E-state index contributed by atoms with van der Waals surface area (Å²) in [7, 11) is 1.33. The van der Waals surface area contributed by atoms with E-state index >= 15 is 0 Å². The van der Waals surface area contributed by atoms with Crippen molar-refractivity contribution in [2.75, 3.05) is 12.9 Å². The molecule has 1 N–H and O–H groups in total. The summed E-state index contributed by atoms with van der Waals surface area (Å²) in [6.07, 6.45) is 1.49. The summed E-state index contributed by atoms with van der Waals surface area (Å²) in [5, 5.41) is 13.8. The Kier molecular flexibility index (Phi) is 7.92. The third-order valence-electron chi connectivity index (χ3n) is 4.82. The standard InChI is InChI=1S/C25H20ClN5O3S/c1-34-24(33)19-9-7-17(8-10-19)15-27-28-22(32)16-35-25-30-29-23(18-11-13-20(26)14-12-18)31(25)21-5-3-2-4-6-21/h2-15H,16H2,1H3,(H,28,32)/b27-15-. The first-order chi connectivity index (χ1) is 17.0. The van der Waals surface area contributed by atoms with Crippen molar-refractivity contribution in [1.82, 2.24) is 20.2 Å². The van der Waals surface area contributed by atoms with E-state index in [1.54, 1.807) is 36.4 Å². The lowest BCUT2D eigenvalue weighted by Gasteiger charge is -2.10. The number of aromatic nitrogens is 3. The van der Waals surface area contributed by atoms with Crippen LogP contribution in [0.5, 0.6) is 0 Å². The van der Waals surface area contributed by atoms with E-state index in [0.717, 1.165) is 16.8 Å². The number of halogens is 1. The van der Waals surface area contributed by atoms with E-state index in [-0.39, 0.29) is 11.7 Å². The minimum Gasteiger partial charge on any atom is -0.465 e. The number of carbonyl (C=O) groups excluding carboxylic acids is 2. The Bertz CT molecular complexity index is 1340. The van der Waals surface area contributed by atoms with Gasteiger partial charge in [0, 0.05) is 16.3 Å². The molecule has 8 nitrogen and oxygen atoms in total. The first kappa shape index (κ1) is 24.2. The maximum absolute atomic E-state index is 12.4. The van der Waals surface area contributed by atoms with Crippen molar-refractivity contribution in [1.29, 1.82) is 0 Å². The van der Waals surface area contributed by atoms with Gasteiger partial charge in [-0.2, -0.15) is 5.10 Å². The highest BCUT2D eigenvalue weighted by atomic mass is 35.5. The molecule has 0 aliphatic rings. The van der Waals surface area contributed by atoms with Gasteiger partial charge in [-0.3, -0.25) is 9.36 Å². The number of nitrogens with one attached hydrogen (secondary N) is 1. The van der Waals surface area contributed by atoms with Crippen molar-refractivity contribution in [3.05, 3.63) is 95.0 Å². The molecule has 1 aromatic heterocycles. The minimum atomic E-state index is -0.415. The van der Waals surface area contributed by atoms with Gasteiger partial charge in [0.15, 0.2) is 11.0 Å². The molecule has 3 aromatic carbocycles. The summed E-state index contributed by atoms with van der Waals surface area (Å²) >= 11 is 7.28. The van der Waals surface area contributed by atoms with E-state index in [9.17, 15) is 9.59 Å². The molecule has 0 aliphatic carbocycles. The molecule has 0 saturated carbocycles. The van der Waals surface area contributed by atoms with E-state index < -0.39 is 5.97 Å². The number of benzene rings is 3. The Balaban J connectivity index is 1.43. The Hall–Kier alpha value is -3.95. The van der Waals surface area contributed by atoms with Crippen molar-refractivity contribution in [2.24, 2.45) is 5.10 Å². The number of ether oxygens (including phenoxy) is 1. The maximum atomic E-state index is 12.4. The number of thioether (sulfide) groups is 1. The molecular formula is C25H20ClN5O3S. The van der Waals surface area contributed by atoms with Gasteiger partial charge in [0.1, 0.15) is 0 Å². The van der Waals surface area contributed by atoms with Crippen molar-refractivity contribution >= 4 is 41.5 Å². The second-order valence-corrected chi connectivity index (χ2v) is 8.56. The average Bonchev–Trinajstić information content (AvgIpc) is 3.32. The van der Waals surface area contributed by atoms with Crippen LogP contribution in [0.15, 0.2) is 89.1 Å². The Morgan fingerprint density at radius 2 is 1.74 bits per heavy atom. The van der Waals surface area contributed by atoms with Crippen LogP contribution in [0.4, 0.5) is 0 Å². The molecule has 0 unspecified atom stereocenters. The number of nitrogens with zero attached hydrogens (tertiary/aromatic N) is 4. The van der Waals surface area contributed by atoms with Crippen LogP contribution in [0.3, 0.4) is 0 Å². The number of para-hydroxylation sites is 1. The van der Waals surface area contributed by atoms with E-state index in [1.807, 2.05) is 47.0 Å². The van der Waals surface area contributed by atoms with E-state index in [1.165, 1.54) is 25.1 Å². The summed E-state index contributed by atoms with van der Waals surface area (Å²) < 4.78 is 6.57. The third kappa shape index (κ3) is 6.14. The van der Waals surface area contributed by atoms with E-state index in [2.05, 4.69) is 25.5 Å². The van der Waals surface area contributed by atoms with Crippen LogP contribution < -0.4 is 5.43 Å². The molecule has 0 aliphatic heterocycles. The molecule has 1 heterocycles. The van der Waals surface area contributed by atoms with Crippen molar-refractivity contribution in [3.63, 3.8) is 0 Å². The van der Waals surface area contributed by atoms with E-state index in [4.69, 9.17) is 11.6 Å². The lowest BCUT2D eigenvalue weighted by atomic mass is 10.1. The fourth-order valence-corrected chi connectivity index (χ4v) is 3.99. The molecule has 0 radical (unpaired) electrons. The fourth-order valence-electron chi connectivity index (χ4n) is 3.12. The molecule has 0 bridgehead atoms. The topological polar surface area (TPSA) is 98.5 Å². The molecule has 4 rings (SSSR count). The molecular weight excluding hydrogens is 486 g/mol. The molecule has 0 fully saturated rings. The number of hydrogen-bond acceptors (Lipinski definition) is 7. The predicted molar refractivity (Wildman–Crippen MR) is 136 cm³/mol. The van der Waals surface area contributed by atoms with Gasteiger partial charge >= 0.3 is 5.97 Å². The fraction of sp³-hybridized carbons (Fsp3) is 0.0800. The lowest BCUT2D eigenvalue weighted by Crippen LogP contribution is -2.20. The van der Waals surface area contributed by atoms with Gasteiger partial charge in [-0.25, -0.2) is 10.2 Å². The largest absolute Gasteiger partial charge is 0.465 e. The first-order valence-corrected chi connectivity index (χ1v) is 11.8. The number of amides is 1. The van der Waals surface area contributed by atoms with E-state index in [0.29, 0.717) is 21.6 Å². The summed E-state index contributed by atoms with van der Waals surface area (Å²) in [6, 6.07) is 23.7. The zero-order chi connectivity index (χ0) is 24.6.